The average molecular weight is 617 g/mol. The Morgan fingerprint density at radius 1 is 0.818 bits per heavy atom. The molecule has 2 fully saturated rings. The molecule has 0 bridgehead atoms. The summed E-state index contributed by atoms with van der Waals surface area (Å²) < 4.78 is 16.8. The number of hydrogen-bond acceptors (Lipinski definition) is 11. The molecule has 238 valence electrons. The minimum Gasteiger partial charge on any atom is -0.493 e. The molecule has 2 heterocycles. The van der Waals surface area contributed by atoms with E-state index in [9.17, 15) is 40.0 Å². The molecule has 2 amide bonds. The summed E-state index contributed by atoms with van der Waals surface area (Å²) in [4.78, 5) is 51.4. The molecule has 0 radical (unpaired) electrons. The smallest absolute Gasteiger partial charge is 0.286 e. The molecule has 2 aliphatic rings. The third-order valence-electron chi connectivity index (χ3n) is 7.93. The van der Waals surface area contributed by atoms with Crippen LogP contribution in [-0.4, -0.2) is 100 Å². The van der Waals surface area contributed by atoms with E-state index in [0.717, 1.165) is 6.07 Å². The first kappa shape index (κ1) is 32.4. The number of nitrogens with zero attached hydrogens (tertiary/aromatic N) is 4. The van der Waals surface area contributed by atoms with Crippen molar-refractivity contribution in [2.24, 2.45) is 0 Å². The summed E-state index contributed by atoms with van der Waals surface area (Å²) in [6.45, 7) is 2.11. The van der Waals surface area contributed by atoms with Crippen molar-refractivity contribution in [1.29, 1.82) is 0 Å². The molecule has 2 atom stereocenters. The molecule has 2 aliphatic heterocycles. The zero-order valence-corrected chi connectivity index (χ0v) is 24.6. The highest BCUT2D eigenvalue weighted by atomic mass is 16.6. The zero-order valence-electron chi connectivity index (χ0n) is 24.6. The predicted molar refractivity (Wildman–Crippen MR) is 155 cm³/mol. The number of methoxy groups -OCH3 is 1. The molecular weight excluding hydrogens is 580 g/mol. The number of nitro benzene ring substituents is 2. The normalized spacial score (nSPS) is 17.9. The lowest BCUT2D eigenvalue weighted by atomic mass is 10.1. The number of ether oxygens (including phenoxy) is 3. The van der Waals surface area contributed by atoms with Crippen molar-refractivity contribution in [2.75, 3.05) is 46.6 Å². The van der Waals surface area contributed by atoms with Crippen molar-refractivity contribution in [1.82, 2.24) is 9.80 Å². The van der Waals surface area contributed by atoms with E-state index in [4.69, 9.17) is 14.2 Å². The first-order chi connectivity index (χ1) is 21.1. The van der Waals surface area contributed by atoms with Gasteiger partial charge >= 0.3 is 0 Å². The summed E-state index contributed by atoms with van der Waals surface area (Å²) in [6, 6.07) is 4.22. The van der Waals surface area contributed by atoms with E-state index < -0.39 is 39.1 Å². The van der Waals surface area contributed by atoms with Crippen LogP contribution in [0.15, 0.2) is 24.3 Å². The number of carbonyl (C=O) groups excluding carboxylic acids is 2. The number of hydrogen-bond donors (Lipinski definition) is 2. The Balaban J connectivity index is 1.42. The van der Waals surface area contributed by atoms with Gasteiger partial charge < -0.3 is 34.2 Å². The summed E-state index contributed by atoms with van der Waals surface area (Å²) in [5.41, 5.74) is -0.586. The summed E-state index contributed by atoms with van der Waals surface area (Å²) in [5, 5.41) is 42.8. The minimum atomic E-state index is -0.676. The Hall–Kier alpha value is -4.50. The second-order valence-corrected chi connectivity index (χ2v) is 10.7. The van der Waals surface area contributed by atoms with Crippen molar-refractivity contribution in [3.05, 3.63) is 61.2 Å². The number of carbonyl (C=O) groups is 2. The van der Waals surface area contributed by atoms with Gasteiger partial charge in [-0.3, -0.25) is 29.8 Å². The number of amides is 2. The number of aliphatic hydroxyl groups is 2. The van der Waals surface area contributed by atoms with Crippen LogP contribution >= 0.6 is 0 Å². The lowest BCUT2D eigenvalue weighted by molar-refractivity contribution is -0.385. The third-order valence-corrected chi connectivity index (χ3v) is 7.93. The number of benzene rings is 2. The van der Waals surface area contributed by atoms with E-state index in [1.54, 1.807) is 6.92 Å². The molecule has 0 aliphatic carbocycles. The molecule has 0 spiro atoms. The first-order valence-corrected chi connectivity index (χ1v) is 14.4. The van der Waals surface area contributed by atoms with Gasteiger partial charge in [0.25, 0.3) is 23.2 Å². The summed E-state index contributed by atoms with van der Waals surface area (Å²) >= 11 is 0. The predicted octanol–water partition coefficient (Wildman–Crippen LogP) is 2.86. The van der Waals surface area contributed by atoms with Crippen molar-refractivity contribution in [3.63, 3.8) is 0 Å². The highest BCUT2D eigenvalue weighted by molar-refractivity contribution is 6.00. The van der Waals surface area contributed by atoms with Gasteiger partial charge in [0.05, 0.1) is 67.6 Å². The van der Waals surface area contributed by atoms with Crippen LogP contribution in [0.3, 0.4) is 0 Å². The largest absolute Gasteiger partial charge is 0.493 e. The highest BCUT2D eigenvalue weighted by Gasteiger charge is 2.35. The summed E-state index contributed by atoms with van der Waals surface area (Å²) in [6.07, 6.45) is 2.91. The van der Waals surface area contributed by atoms with Crippen LogP contribution in [0.5, 0.6) is 17.2 Å². The molecule has 2 N–H and O–H groups in total. The van der Waals surface area contributed by atoms with Crippen LogP contribution in [-0.2, 0) is 0 Å². The molecule has 44 heavy (non-hydrogen) atoms. The lowest BCUT2D eigenvalue weighted by Gasteiger charge is -2.23. The number of nitro groups is 2. The van der Waals surface area contributed by atoms with Crippen LogP contribution in [0.2, 0.25) is 0 Å². The lowest BCUT2D eigenvalue weighted by Crippen LogP contribution is -2.37. The molecule has 15 heteroatoms. The molecule has 2 aromatic rings. The van der Waals surface area contributed by atoms with Gasteiger partial charge in [0.15, 0.2) is 11.5 Å². The van der Waals surface area contributed by atoms with E-state index >= 15 is 0 Å². The van der Waals surface area contributed by atoms with Crippen molar-refractivity contribution < 1.29 is 43.9 Å². The van der Waals surface area contributed by atoms with Crippen molar-refractivity contribution in [3.8, 4) is 17.2 Å². The fourth-order valence-corrected chi connectivity index (χ4v) is 5.62. The zero-order chi connectivity index (χ0) is 32.0. The molecule has 0 unspecified atom stereocenters. The van der Waals surface area contributed by atoms with Crippen LogP contribution in [0.25, 0.3) is 0 Å². The second kappa shape index (κ2) is 14.3. The van der Waals surface area contributed by atoms with Gasteiger partial charge in [-0.1, -0.05) is 0 Å². The van der Waals surface area contributed by atoms with Crippen LogP contribution in [0.1, 0.15) is 58.4 Å². The highest BCUT2D eigenvalue weighted by Crippen LogP contribution is 2.37. The molecule has 0 aromatic heterocycles. The molecule has 15 nitrogen and oxygen atoms in total. The first-order valence-electron chi connectivity index (χ1n) is 14.4. The van der Waals surface area contributed by atoms with E-state index in [1.807, 2.05) is 0 Å². The Labute approximate surface area is 253 Å². The Morgan fingerprint density at radius 3 is 1.77 bits per heavy atom. The Bertz CT molecular complexity index is 1420. The topological polar surface area (TPSA) is 195 Å². The average Bonchev–Trinajstić information content (AvgIpc) is 3.70. The SMILES string of the molecule is COc1cc(C(=O)N2CCC[C@H]2CO)c([N+](=O)[O-])cc1OCCCOc1cc([N+](=O)[O-])c(C(=O)N2CCC[C@H]2CO)cc1C. The molecule has 4 rings (SSSR count). The summed E-state index contributed by atoms with van der Waals surface area (Å²) in [5.74, 6) is -0.702. The number of aliphatic hydroxyl groups excluding tert-OH is 2. The molecular formula is C29H36N4O11. The molecule has 2 saturated heterocycles. The Morgan fingerprint density at radius 2 is 1.30 bits per heavy atom. The third kappa shape index (κ3) is 6.83. The fraction of sp³-hybridized carbons (Fsp3) is 0.517. The van der Waals surface area contributed by atoms with Gasteiger partial charge in [0.1, 0.15) is 16.9 Å². The van der Waals surface area contributed by atoms with Gasteiger partial charge in [-0.15, -0.1) is 0 Å². The Kier molecular flexibility index (Phi) is 10.5. The fourth-order valence-electron chi connectivity index (χ4n) is 5.62. The molecule has 0 saturated carbocycles. The minimum absolute atomic E-state index is 0.0364. The standard InChI is InChI=1S/C29H36N4O11/c1-18-12-21(28(36)30-8-3-6-19(30)16-34)23(32(38)39)14-25(18)43-10-5-11-44-27-15-24(33(40)41)22(13-26(27)42-2)29(37)31-9-4-7-20(31)17-35/h12-15,19-20,34-35H,3-11,16-17H2,1-2H3/t19-,20-/m0/s1. The van der Waals surface area contributed by atoms with E-state index in [2.05, 4.69) is 0 Å². The number of likely N-dealkylation sites (tertiary alicyclic amines) is 2. The quantitative estimate of drug-likeness (QED) is 0.191. The maximum Gasteiger partial charge on any atom is 0.286 e. The number of aryl methyl sites for hydroxylation is 1. The van der Waals surface area contributed by atoms with E-state index in [0.29, 0.717) is 44.3 Å². The summed E-state index contributed by atoms with van der Waals surface area (Å²) in [7, 11) is 1.34. The van der Waals surface area contributed by atoms with Gasteiger partial charge in [-0.05, 0) is 44.2 Å². The van der Waals surface area contributed by atoms with Crippen molar-refractivity contribution >= 4 is 23.2 Å². The van der Waals surface area contributed by atoms with Gasteiger partial charge in [0, 0.05) is 25.6 Å². The van der Waals surface area contributed by atoms with Crippen LogP contribution in [0, 0.1) is 27.2 Å². The molecule has 2 aromatic carbocycles. The van der Waals surface area contributed by atoms with Gasteiger partial charge in [-0.25, -0.2) is 0 Å². The van der Waals surface area contributed by atoms with Crippen LogP contribution < -0.4 is 14.2 Å². The maximum atomic E-state index is 13.1. The van der Waals surface area contributed by atoms with Gasteiger partial charge in [-0.2, -0.15) is 0 Å². The maximum absolute atomic E-state index is 13.1. The van der Waals surface area contributed by atoms with E-state index in [1.165, 1.54) is 35.1 Å². The van der Waals surface area contributed by atoms with Crippen molar-refractivity contribution in [2.45, 2.75) is 51.1 Å². The second-order valence-electron chi connectivity index (χ2n) is 10.7. The van der Waals surface area contributed by atoms with Crippen LogP contribution in [0.4, 0.5) is 11.4 Å². The monoisotopic (exact) mass is 616 g/mol. The number of rotatable bonds is 13. The van der Waals surface area contributed by atoms with E-state index in [-0.39, 0.29) is 67.3 Å². The van der Waals surface area contributed by atoms with Gasteiger partial charge in [0.2, 0.25) is 0 Å².